The lowest BCUT2D eigenvalue weighted by Crippen LogP contribution is -2.45. The smallest absolute Gasteiger partial charge is 0.0928 e. The maximum absolute atomic E-state index is 10.4. The van der Waals surface area contributed by atoms with E-state index in [4.69, 9.17) is 11.6 Å². The average Bonchev–Trinajstić information content (AvgIpc) is 2.40. The van der Waals surface area contributed by atoms with Crippen molar-refractivity contribution in [2.24, 2.45) is 0 Å². The van der Waals surface area contributed by atoms with Crippen molar-refractivity contribution >= 4 is 23.4 Å². The highest BCUT2D eigenvalue weighted by Gasteiger charge is 2.18. The van der Waals surface area contributed by atoms with E-state index in [1.165, 1.54) is 0 Å². The highest BCUT2D eigenvalue weighted by atomic mass is 35.5. The first kappa shape index (κ1) is 14.2. The second kappa shape index (κ2) is 6.78. The number of benzene rings is 1. The Morgan fingerprint density at radius 3 is 2.83 bits per heavy atom. The van der Waals surface area contributed by atoms with E-state index in [-0.39, 0.29) is 0 Å². The van der Waals surface area contributed by atoms with Crippen LogP contribution in [0.15, 0.2) is 23.1 Å². The maximum Gasteiger partial charge on any atom is 0.0928 e. The fourth-order valence-electron chi connectivity index (χ4n) is 2.20. The lowest BCUT2D eigenvalue weighted by Gasteiger charge is -2.29. The third kappa shape index (κ3) is 3.62. The second-order valence-corrected chi connectivity index (χ2v) is 5.74. The zero-order valence-corrected chi connectivity index (χ0v) is 12.1. The molecule has 3 nitrogen and oxygen atoms in total. The van der Waals surface area contributed by atoms with E-state index in [0.717, 1.165) is 36.6 Å². The van der Waals surface area contributed by atoms with E-state index in [1.807, 2.05) is 24.5 Å². The Morgan fingerprint density at radius 2 is 2.17 bits per heavy atom. The molecule has 2 rings (SSSR count). The molecule has 0 aliphatic carbocycles. The summed E-state index contributed by atoms with van der Waals surface area (Å²) in [6.07, 6.45) is 1.55. The summed E-state index contributed by atoms with van der Waals surface area (Å²) in [7, 11) is 0. The van der Waals surface area contributed by atoms with Crippen LogP contribution in [0, 0.1) is 0 Å². The van der Waals surface area contributed by atoms with Gasteiger partial charge in [-0.15, -0.1) is 11.8 Å². The molecule has 0 saturated carbocycles. The predicted octanol–water partition coefficient (Wildman–Crippen LogP) is 2.00. The van der Waals surface area contributed by atoms with Crippen molar-refractivity contribution in [3.8, 4) is 0 Å². The van der Waals surface area contributed by atoms with Gasteiger partial charge in [0.25, 0.3) is 0 Å². The first-order valence-electron chi connectivity index (χ1n) is 6.15. The minimum Gasteiger partial charge on any atom is -0.387 e. The topological polar surface area (TPSA) is 35.5 Å². The molecule has 0 radical (unpaired) electrons. The minimum atomic E-state index is -0.468. The molecular formula is C13H19ClN2OS. The van der Waals surface area contributed by atoms with Crippen molar-refractivity contribution in [2.45, 2.75) is 11.0 Å². The first-order valence-corrected chi connectivity index (χ1v) is 7.75. The van der Waals surface area contributed by atoms with E-state index in [1.54, 1.807) is 11.8 Å². The summed E-state index contributed by atoms with van der Waals surface area (Å²) in [6.45, 7) is 4.66. The van der Waals surface area contributed by atoms with Crippen molar-refractivity contribution in [1.82, 2.24) is 10.2 Å². The molecule has 1 aromatic carbocycles. The Balaban J connectivity index is 2.07. The van der Waals surface area contributed by atoms with Gasteiger partial charge in [-0.3, -0.25) is 4.90 Å². The van der Waals surface area contributed by atoms with Crippen molar-refractivity contribution in [2.75, 3.05) is 39.0 Å². The van der Waals surface area contributed by atoms with Crippen molar-refractivity contribution in [3.05, 3.63) is 28.8 Å². The lowest BCUT2D eigenvalue weighted by atomic mass is 10.1. The number of hydrogen-bond acceptors (Lipinski definition) is 4. The molecule has 0 spiro atoms. The molecule has 2 N–H and O–H groups in total. The normalized spacial score (nSPS) is 18.8. The van der Waals surface area contributed by atoms with Crippen LogP contribution in [0.3, 0.4) is 0 Å². The second-order valence-electron chi connectivity index (χ2n) is 4.45. The number of β-amino-alcohol motifs (C(OH)–C–C–N with tert-alkyl or cyclic N) is 1. The number of hydrogen-bond donors (Lipinski definition) is 2. The van der Waals surface area contributed by atoms with Gasteiger partial charge >= 0.3 is 0 Å². The Hall–Kier alpha value is -0.260. The van der Waals surface area contributed by atoms with E-state index < -0.39 is 6.10 Å². The highest BCUT2D eigenvalue weighted by Crippen LogP contribution is 2.29. The van der Waals surface area contributed by atoms with Gasteiger partial charge in [0.1, 0.15) is 0 Å². The molecule has 0 amide bonds. The van der Waals surface area contributed by atoms with Crippen molar-refractivity contribution in [1.29, 1.82) is 0 Å². The lowest BCUT2D eigenvalue weighted by molar-refractivity contribution is 0.104. The molecule has 100 valence electrons. The third-order valence-electron chi connectivity index (χ3n) is 3.19. The number of rotatable bonds is 4. The van der Waals surface area contributed by atoms with Gasteiger partial charge in [-0.2, -0.15) is 0 Å². The number of thioether (sulfide) groups is 1. The SMILES string of the molecule is CSc1ccc(Cl)cc1C(O)CN1CCNCC1. The molecule has 18 heavy (non-hydrogen) atoms. The fourth-order valence-corrected chi connectivity index (χ4v) is 3.02. The van der Waals surface area contributed by atoms with E-state index in [9.17, 15) is 5.11 Å². The van der Waals surface area contributed by atoms with Gasteiger partial charge in [0.05, 0.1) is 6.10 Å². The molecule has 5 heteroatoms. The summed E-state index contributed by atoms with van der Waals surface area (Å²) in [5, 5.41) is 14.4. The summed E-state index contributed by atoms with van der Waals surface area (Å²) < 4.78 is 0. The number of piperazine rings is 1. The van der Waals surface area contributed by atoms with Crippen LogP contribution >= 0.6 is 23.4 Å². The van der Waals surface area contributed by atoms with Gasteiger partial charge in [0, 0.05) is 42.6 Å². The Labute approximate surface area is 118 Å². The van der Waals surface area contributed by atoms with Crippen LogP contribution in [-0.2, 0) is 0 Å². The van der Waals surface area contributed by atoms with Gasteiger partial charge in [0.15, 0.2) is 0 Å². The standard InChI is InChI=1S/C13H19ClN2OS/c1-18-13-3-2-10(14)8-11(13)12(17)9-16-6-4-15-5-7-16/h2-3,8,12,15,17H,4-7,9H2,1H3. The van der Waals surface area contributed by atoms with E-state index in [2.05, 4.69) is 10.2 Å². The molecule has 0 bridgehead atoms. The predicted molar refractivity (Wildman–Crippen MR) is 77.5 cm³/mol. The summed E-state index contributed by atoms with van der Waals surface area (Å²) in [4.78, 5) is 3.38. The number of halogens is 1. The zero-order chi connectivity index (χ0) is 13.0. The third-order valence-corrected chi connectivity index (χ3v) is 4.24. The molecule has 1 saturated heterocycles. The van der Waals surface area contributed by atoms with Crippen LogP contribution in [0.5, 0.6) is 0 Å². The Bertz CT molecular complexity index is 397. The number of aliphatic hydroxyl groups is 1. The molecule has 1 heterocycles. The zero-order valence-electron chi connectivity index (χ0n) is 10.5. The molecule has 1 atom stereocenters. The van der Waals surface area contributed by atoms with Gasteiger partial charge in [-0.25, -0.2) is 0 Å². The minimum absolute atomic E-state index is 0.468. The van der Waals surface area contributed by atoms with E-state index in [0.29, 0.717) is 11.6 Å². The van der Waals surface area contributed by atoms with Crippen LogP contribution < -0.4 is 5.32 Å². The van der Waals surface area contributed by atoms with Crippen LogP contribution in [0.1, 0.15) is 11.7 Å². The van der Waals surface area contributed by atoms with Gasteiger partial charge in [-0.05, 0) is 30.0 Å². The maximum atomic E-state index is 10.4. The molecular weight excluding hydrogens is 268 g/mol. The van der Waals surface area contributed by atoms with Crippen LogP contribution in [0.25, 0.3) is 0 Å². The molecule has 1 unspecified atom stereocenters. The highest BCUT2D eigenvalue weighted by molar-refractivity contribution is 7.98. The largest absolute Gasteiger partial charge is 0.387 e. The number of aliphatic hydroxyl groups excluding tert-OH is 1. The molecule has 0 aromatic heterocycles. The molecule has 1 aliphatic rings. The van der Waals surface area contributed by atoms with Crippen molar-refractivity contribution < 1.29 is 5.11 Å². The number of nitrogens with one attached hydrogen (secondary N) is 1. The van der Waals surface area contributed by atoms with Gasteiger partial charge in [-0.1, -0.05) is 11.6 Å². The van der Waals surface area contributed by atoms with Crippen LogP contribution in [-0.4, -0.2) is 49.0 Å². The number of nitrogens with zero attached hydrogens (tertiary/aromatic N) is 1. The Kier molecular flexibility index (Phi) is 5.33. The van der Waals surface area contributed by atoms with E-state index >= 15 is 0 Å². The van der Waals surface area contributed by atoms with Crippen LogP contribution in [0.4, 0.5) is 0 Å². The summed E-state index contributed by atoms with van der Waals surface area (Å²) in [5.41, 5.74) is 0.938. The van der Waals surface area contributed by atoms with Gasteiger partial charge < -0.3 is 10.4 Å². The summed E-state index contributed by atoms with van der Waals surface area (Å²) in [5.74, 6) is 0. The van der Waals surface area contributed by atoms with Crippen molar-refractivity contribution in [3.63, 3.8) is 0 Å². The van der Waals surface area contributed by atoms with Crippen LogP contribution in [0.2, 0.25) is 5.02 Å². The summed E-state index contributed by atoms with van der Waals surface area (Å²) in [6, 6.07) is 5.72. The molecule has 1 aliphatic heterocycles. The monoisotopic (exact) mass is 286 g/mol. The quantitative estimate of drug-likeness (QED) is 0.830. The molecule has 1 aromatic rings. The first-order chi connectivity index (χ1) is 8.70. The fraction of sp³-hybridized carbons (Fsp3) is 0.538. The molecule has 1 fully saturated rings. The van der Waals surface area contributed by atoms with Gasteiger partial charge in [0.2, 0.25) is 0 Å². The Morgan fingerprint density at radius 1 is 1.44 bits per heavy atom. The summed E-state index contributed by atoms with van der Waals surface area (Å²) >= 11 is 7.66. The average molecular weight is 287 g/mol.